The molecule has 2 heteroatoms. The molecule has 1 fully saturated rings. The molecule has 0 atom stereocenters. The number of ether oxygens (including phenoxy) is 1. The van der Waals surface area contributed by atoms with Gasteiger partial charge in [-0.2, -0.15) is 0 Å². The predicted molar refractivity (Wildman–Crippen MR) is 74.5 cm³/mol. The molecule has 0 bridgehead atoms. The van der Waals surface area contributed by atoms with Crippen molar-refractivity contribution >= 4 is 0 Å². The fourth-order valence-corrected chi connectivity index (χ4v) is 2.51. The summed E-state index contributed by atoms with van der Waals surface area (Å²) in [6, 6.07) is 0. The number of hydrogen-bond donors (Lipinski definition) is 1. The van der Waals surface area contributed by atoms with E-state index in [1.807, 2.05) is 0 Å². The minimum Gasteiger partial charge on any atom is -0.377 e. The number of rotatable bonds is 9. The van der Waals surface area contributed by atoms with Crippen molar-refractivity contribution in [1.29, 1.82) is 0 Å². The zero-order valence-electron chi connectivity index (χ0n) is 11.7. The van der Waals surface area contributed by atoms with Crippen LogP contribution < -0.4 is 5.32 Å². The molecule has 0 unspecified atom stereocenters. The third kappa shape index (κ3) is 8.62. The van der Waals surface area contributed by atoms with Gasteiger partial charge in [-0.25, -0.2) is 0 Å². The van der Waals surface area contributed by atoms with Crippen LogP contribution in [0.3, 0.4) is 0 Å². The molecule has 1 N–H and O–H groups in total. The third-order valence-electron chi connectivity index (χ3n) is 3.64. The van der Waals surface area contributed by atoms with Crippen molar-refractivity contribution in [3.05, 3.63) is 0 Å². The highest BCUT2D eigenvalue weighted by Crippen LogP contribution is 2.19. The largest absolute Gasteiger partial charge is 0.377 e. The van der Waals surface area contributed by atoms with E-state index in [1.54, 1.807) is 0 Å². The van der Waals surface area contributed by atoms with Gasteiger partial charge in [0.25, 0.3) is 0 Å². The van der Waals surface area contributed by atoms with Crippen LogP contribution in [0.1, 0.15) is 71.1 Å². The Bertz CT molecular complexity index is 153. The first-order chi connectivity index (χ1) is 8.43. The van der Waals surface area contributed by atoms with E-state index in [1.165, 1.54) is 64.2 Å². The van der Waals surface area contributed by atoms with Crippen molar-refractivity contribution in [2.75, 3.05) is 19.7 Å². The van der Waals surface area contributed by atoms with Crippen molar-refractivity contribution < 1.29 is 4.74 Å². The van der Waals surface area contributed by atoms with E-state index in [0.717, 1.165) is 19.7 Å². The lowest BCUT2D eigenvalue weighted by atomic mass is 10.1. The first-order valence-corrected chi connectivity index (χ1v) is 7.76. The monoisotopic (exact) mass is 241 g/mol. The maximum Gasteiger partial charge on any atom is 0.0594 e. The lowest BCUT2D eigenvalue weighted by Crippen LogP contribution is -2.24. The quantitative estimate of drug-likeness (QED) is 0.488. The lowest BCUT2D eigenvalue weighted by Gasteiger charge is -2.15. The molecule has 0 aromatic heterocycles. The van der Waals surface area contributed by atoms with E-state index >= 15 is 0 Å². The molecule has 0 amide bonds. The molecule has 0 saturated heterocycles. The van der Waals surface area contributed by atoms with E-state index in [4.69, 9.17) is 4.74 Å². The third-order valence-corrected chi connectivity index (χ3v) is 3.64. The smallest absolute Gasteiger partial charge is 0.0594 e. The zero-order valence-corrected chi connectivity index (χ0v) is 11.7. The second kappa shape index (κ2) is 11.0. The first kappa shape index (κ1) is 15.0. The Morgan fingerprint density at radius 3 is 2.41 bits per heavy atom. The highest BCUT2D eigenvalue weighted by molar-refractivity contribution is 4.64. The average Bonchev–Trinajstić information content (AvgIpc) is 2.61. The van der Waals surface area contributed by atoms with Crippen molar-refractivity contribution in [2.45, 2.75) is 77.2 Å². The molecule has 0 aromatic carbocycles. The molecule has 17 heavy (non-hydrogen) atoms. The molecule has 0 aromatic rings. The van der Waals surface area contributed by atoms with Crippen molar-refractivity contribution in [1.82, 2.24) is 5.32 Å². The molecule has 1 saturated carbocycles. The lowest BCUT2D eigenvalue weighted by molar-refractivity contribution is 0.0452. The summed E-state index contributed by atoms with van der Waals surface area (Å²) in [4.78, 5) is 0. The van der Waals surface area contributed by atoms with Gasteiger partial charge in [0.15, 0.2) is 0 Å². The van der Waals surface area contributed by atoms with E-state index in [0.29, 0.717) is 6.10 Å². The summed E-state index contributed by atoms with van der Waals surface area (Å²) in [5, 5.41) is 3.47. The first-order valence-electron chi connectivity index (χ1n) is 7.76. The predicted octanol–water partition coefficient (Wildman–Crippen LogP) is 3.90. The van der Waals surface area contributed by atoms with Gasteiger partial charge in [-0.3, -0.25) is 0 Å². The topological polar surface area (TPSA) is 21.3 Å². The van der Waals surface area contributed by atoms with Crippen LogP contribution in [-0.2, 0) is 4.74 Å². The SMILES string of the molecule is CCCCCCNCCOC1CCCCCC1. The van der Waals surface area contributed by atoms with E-state index in [9.17, 15) is 0 Å². The Labute approximate surface area is 108 Å². The van der Waals surface area contributed by atoms with E-state index in [2.05, 4.69) is 12.2 Å². The Hall–Kier alpha value is -0.0800. The molecule has 2 nitrogen and oxygen atoms in total. The molecule has 1 aliphatic carbocycles. The van der Waals surface area contributed by atoms with Crippen LogP contribution >= 0.6 is 0 Å². The van der Waals surface area contributed by atoms with Gasteiger partial charge in [-0.1, -0.05) is 51.9 Å². The van der Waals surface area contributed by atoms with Gasteiger partial charge >= 0.3 is 0 Å². The highest BCUT2D eigenvalue weighted by Gasteiger charge is 2.11. The summed E-state index contributed by atoms with van der Waals surface area (Å²) in [6.45, 7) is 5.35. The van der Waals surface area contributed by atoms with Gasteiger partial charge in [0.05, 0.1) is 12.7 Å². The van der Waals surface area contributed by atoms with Crippen LogP contribution in [0.4, 0.5) is 0 Å². The molecular formula is C15H31NO. The van der Waals surface area contributed by atoms with Gasteiger partial charge in [-0.15, -0.1) is 0 Å². The Balaban J connectivity index is 1.82. The van der Waals surface area contributed by atoms with Crippen LogP contribution in [-0.4, -0.2) is 25.8 Å². The van der Waals surface area contributed by atoms with Crippen LogP contribution in [0.15, 0.2) is 0 Å². The van der Waals surface area contributed by atoms with Crippen LogP contribution in [0, 0.1) is 0 Å². The molecule has 0 radical (unpaired) electrons. The maximum atomic E-state index is 5.93. The number of unbranched alkanes of at least 4 members (excludes halogenated alkanes) is 3. The van der Waals surface area contributed by atoms with Crippen LogP contribution in [0.2, 0.25) is 0 Å². The second-order valence-corrected chi connectivity index (χ2v) is 5.30. The fraction of sp³-hybridized carbons (Fsp3) is 1.00. The Kier molecular flexibility index (Phi) is 9.72. The van der Waals surface area contributed by atoms with Gasteiger partial charge < -0.3 is 10.1 Å². The maximum absolute atomic E-state index is 5.93. The summed E-state index contributed by atoms with van der Waals surface area (Å²) in [5.74, 6) is 0. The highest BCUT2D eigenvalue weighted by atomic mass is 16.5. The second-order valence-electron chi connectivity index (χ2n) is 5.30. The van der Waals surface area contributed by atoms with Gasteiger partial charge in [0.2, 0.25) is 0 Å². The van der Waals surface area contributed by atoms with E-state index in [-0.39, 0.29) is 0 Å². The molecule has 0 spiro atoms. The molecule has 102 valence electrons. The molecule has 1 aliphatic rings. The molecule has 1 rings (SSSR count). The van der Waals surface area contributed by atoms with Crippen LogP contribution in [0.5, 0.6) is 0 Å². The zero-order chi connectivity index (χ0) is 12.2. The van der Waals surface area contributed by atoms with Crippen molar-refractivity contribution in [3.8, 4) is 0 Å². The summed E-state index contributed by atoms with van der Waals surface area (Å²) in [7, 11) is 0. The normalized spacial score (nSPS) is 18.2. The van der Waals surface area contributed by atoms with Gasteiger partial charge in [0, 0.05) is 6.54 Å². The molecule has 0 heterocycles. The number of nitrogens with one attached hydrogen (secondary N) is 1. The minimum absolute atomic E-state index is 0.555. The number of hydrogen-bond acceptors (Lipinski definition) is 2. The van der Waals surface area contributed by atoms with Gasteiger partial charge in [0.1, 0.15) is 0 Å². The summed E-state index contributed by atoms with van der Waals surface area (Å²) in [5.41, 5.74) is 0. The molecular weight excluding hydrogens is 210 g/mol. The minimum atomic E-state index is 0.555. The molecule has 0 aliphatic heterocycles. The fourth-order valence-electron chi connectivity index (χ4n) is 2.51. The van der Waals surface area contributed by atoms with Gasteiger partial charge in [-0.05, 0) is 25.8 Å². The van der Waals surface area contributed by atoms with Crippen molar-refractivity contribution in [2.24, 2.45) is 0 Å². The standard InChI is InChI=1S/C15H31NO/c1-2-3-4-9-12-16-13-14-17-15-10-7-5-6-8-11-15/h15-16H,2-14H2,1H3. The summed E-state index contributed by atoms with van der Waals surface area (Å²) < 4.78 is 5.93. The summed E-state index contributed by atoms with van der Waals surface area (Å²) >= 11 is 0. The summed E-state index contributed by atoms with van der Waals surface area (Å²) in [6.07, 6.45) is 14.1. The Morgan fingerprint density at radius 1 is 0.941 bits per heavy atom. The van der Waals surface area contributed by atoms with Crippen LogP contribution in [0.25, 0.3) is 0 Å². The van der Waals surface area contributed by atoms with E-state index < -0.39 is 0 Å². The Morgan fingerprint density at radius 2 is 1.71 bits per heavy atom. The average molecular weight is 241 g/mol. The van der Waals surface area contributed by atoms with Crippen molar-refractivity contribution in [3.63, 3.8) is 0 Å².